The highest BCUT2D eigenvalue weighted by Gasteiger charge is 2.26. The summed E-state index contributed by atoms with van der Waals surface area (Å²) in [7, 11) is 0. The number of benzene rings is 1. The van der Waals surface area contributed by atoms with Gasteiger partial charge in [0.15, 0.2) is 0 Å². The van der Waals surface area contributed by atoms with Gasteiger partial charge in [-0.3, -0.25) is 4.79 Å². The molecule has 1 aromatic rings. The molecule has 0 radical (unpaired) electrons. The lowest BCUT2D eigenvalue weighted by Crippen LogP contribution is -2.29. The zero-order valence-corrected chi connectivity index (χ0v) is 14.4. The van der Waals surface area contributed by atoms with Gasteiger partial charge in [-0.25, -0.2) is 0 Å². The Morgan fingerprint density at radius 1 is 1.30 bits per heavy atom. The number of aromatic hydroxyl groups is 2. The average Bonchev–Trinajstić information content (AvgIpc) is 2.85. The number of carbonyl (C=O) groups excluding carboxylic acids is 1. The van der Waals surface area contributed by atoms with E-state index in [0.29, 0.717) is 24.5 Å². The lowest BCUT2D eigenvalue weighted by molar-refractivity contribution is 0.0793. The molecule has 0 saturated heterocycles. The molecule has 2 N–H and O–H groups in total. The van der Waals surface area contributed by atoms with E-state index in [1.54, 1.807) is 11.0 Å². The van der Waals surface area contributed by atoms with Crippen LogP contribution in [-0.4, -0.2) is 40.0 Å². The van der Waals surface area contributed by atoms with Crippen LogP contribution in [0.3, 0.4) is 0 Å². The number of alkyl halides is 1. The Morgan fingerprint density at radius 2 is 2.00 bits per heavy atom. The van der Waals surface area contributed by atoms with E-state index in [4.69, 9.17) is 11.6 Å². The summed E-state index contributed by atoms with van der Waals surface area (Å²) in [6.07, 6.45) is 3.79. The van der Waals surface area contributed by atoms with Crippen molar-refractivity contribution in [1.29, 1.82) is 0 Å². The van der Waals surface area contributed by atoms with Crippen molar-refractivity contribution < 1.29 is 15.0 Å². The van der Waals surface area contributed by atoms with Crippen molar-refractivity contribution in [2.75, 3.05) is 19.0 Å². The van der Waals surface area contributed by atoms with Crippen LogP contribution in [0.2, 0.25) is 0 Å². The Kier molecular flexibility index (Phi) is 5.37. The van der Waals surface area contributed by atoms with Crippen LogP contribution in [0.4, 0.5) is 0 Å². The quantitative estimate of drug-likeness (QED) is 0.823. The molecule has 2 rings (SSSR count). The van der Waals surface area contributed by atoms with E-state index in [0.717, 1.165) is 11.1 Å². The van der Waals surface area contributed by atoms with Gasteiger partial charge in [-0.15, -0.1) is 11.6 Å². The molecular formula is C18H22ClNO3. The highest BCUT2D eigenvalue weighted by molar-refractivity contribution is 6.18. The molecule has 0 aromatic heterocycles. The molecule has 0 saturated carbocycles. The van der Waals surface area contributed by atoms with Crippen molar-refractivity contribution in [2.45, 2.75) is 26.7 Å². The summed E-state index contributed by atoms with van der Waals surface area (Å²) >= 11 is 5.66. The first-order valence-electron chi connectivity index (χ1n) is 7.61. The first-order valence-corrected chi connectivity index (χ1v) is 8.14. The number of allylic oxidation sites excluding steroid dienone is 1. The van der Waals surface area contributed by atoms with Crippen molar-refractivity contribution >= 4 is 17.5 Å². The third kappa shape index (κ3) is 3.70. The van der Waals surface area contributed by atoms with Gasteiger partial charge >= 0.3 is 0 Å². The Balaban J connectivity index is 2.26. The van der Waals surface area contributed by atoms with E-state index in [9.17, 15) is 15.0 Å². The predicted octanol–water partition coefficient (Wildman–Crippen LogP) is 3.79. The number of rotatable bonds is 4. The lowest BCUT2D eigenvalue weighted by Gasteiger charge is -2.19. The fourth-order valence-corrected chi connectivity index (χ4v) is 2.80. The minimum absolute atomic E-state index is 0.00973. The second-order valence-electron chi connectivity index (χ2n) is 6.11. The molecule has 124 valence electrons. The molecule has 1 aliphatic heterocycles. The van der Waals surface area contributed by atoms with Crippen LogP contribution >= 0.6 is 11.6 Å². The summed E-state index contributed by atoms with van der Waals surface area (Å²) in [6, 6.07) is 2.83. The molecule has 0 spiro atoms. The maximum atomic E-state index is 12.7. The molecule has 5 heteroatoms. The summed E-state index contributed by atoms with van der Waals surface area (Å²) in [4.78, 5) is 14.4. The highest BCUT2D eigenvalue weighted by atomic mass is 35.5. The second kappa shape index (κ2) is 7.09. The Morgan fingerprint density at radius 3 is 2.61 bits per heavy atom. The SMILES string of the molecule is CC1=C(/C=C\CCl)CN(C(=O)c2cc(C(C)C)c(O)cc2O)C1. The third-order valence-corrected chi connectivity index (χ3v) is 4.21. The van der Waals surface area contributed by atoms with Crippen molar-refractivity contribution in [3.8, 4) is 11.5 Å². The maximum absolute atomic E-state index is 12.7. The maximum Gasteiger partial charge on any atom is 0.258 e. The smallest absolute Gasteiger partial charge is 0.258 e. The third-order valence-electron chi connectivity index (χ3n) is 4.03. The van der Waals surface area contributed by atoms with Crippen molar-refractivity contribution in [3.63, 3.8) is 0 Å². The molecule has 4 nitrogen and oxygen atoms in total. The molecule has 23 heavy (non-hydrogen) atoms. The van der Waals surface area contributed by atoms with E-state index in [2.05, 4.69) is 0 Å². The van der Waals surface area contributed by atoms with Gasteiger partial charge in [0.2, 0.25) is 0 Å². The summed E-state index contributed by atoms with van der Waals surface area (Å²) in [5.41, 5.74) is 3.06. The van der Waals surface area contributed by atoms with E-state index >= 15 is 0 Å². The van der Waals surface area contributed by atoms with Crippen LogP contribution in [0.25, 0.3) is 0 Å². The number of hydrogen-bond donors (Lipinski definition) is 2. The van der Waals surface area contributed by atoms with E-state index < -0.39 is 0 Å². The first kappa shape index (κ1) is 17.4. The fraction of sp³-hybridized carbons (Fsp3) is 0.389. The molecule has 0 aliphatic carbocycles. The number of carbonyl (C=O) groups is 1. The van der Waals surface area contributed by atoms with Gasteiger partial charge in [-0.2, -0.15) is 0 Å². The summed E-state index contributed by atoms with van der Waals surface area (Å²) in [5, 5.41) is 19.9. The van der Waals surface area contributed by atoms with Gasteiger partial charge < -0.3 is 15.1 Å². The molecule has 1 heterocycles. The Bertz CT molecular complexity index is 677. The summed E-state index contributed by atoms with van der Waals surface area (Å²) in [6.45, 7) is 6.86. The standard InChI is InChI=1S/C18H22ClNO3/c1-11(2)14-7-15(17(22)8-16(14)21)18(23)20-9-12(3)13(10-20)5-4-6-19/h4-5,7-8,11,21-22H,6,9-10H2,1-3H3/b5-4-. The summed E-state index contributed by atoms with van der Waals surface area (Å²) < 4.78 is 0. The number of phenolic OH excluding ortho intramolecular Hbond substituents is 2. The summed E-state index contributed by atoms with van der Waals surface area (Å²) in [5.74, 6) is 0.0666. The van der Waals surface area contributed by atoms with E-state index in [1.165, 1.54) is 6.07 Å². The van der Waals surface area contributed by atoms with Gasteiger partial charge in [0, 0.05) is 25.0 Å². The monoisotopic (exact) mass is 335 g/mol. The van der Waals surface area contributed by atoms with E-state index in [-0.39, 0.29) is 28.9 Å². The van der Waals surface area contributed by atoms with E-state index in [1.807, 2.05) is 32.9 Å². The topological polar surface area (TPSA) is 60.8 Å². The fourth-order valence-electron chi connectivity index (χ4n) is 2.71. The van der Waals surface area contributed by atoms with Gasteiger partial charge in [-0.1, -0.05) is 26.0 Å². The molecule has 1 amide bonds. The Hall–Kier alpha value is -1.94. The second-order valence-corrected chi connectivity index (χ2v) is 6.41. The van der Waals surface area contributed by atoms with Gasteiger partial charge in [0.05, 0.1) is 5.56 Å². The molecule has 1 aromatic carbocycles. The molecule has 0 fully saturated rings. The number of halogens is 1. The number of phenols is 2. The van der Waals surface area contributed by atoms with Crippen LogP contribution in [0.1, 0.15) is 42.6 Å². The first-order chi connectivity index (χ1) is 10.8. The normalized spacial score (nSPS) is 15.3. The predicted molar refractivity (Wildman–Crippen MR) is 92.3 cm³/mol. The largest absolute Gasteiger partial charge is 0.508 e. The van der Waals surface area contributed by atoms with Gasteiger partial charge in [0.1, 0.15) is 11.5 Å². The van der Waals surface area contributed by atoms with Crippen LogP contribution in [0.15, 0.2) is 35.4 Å². The molecular weight excluding hydrogens is 314 g/mol. The zero-order chi connectivity index (χ0) is 17.1. The van der Waals surface area contributed by atoms with Crippen molar-refractivity contribution in [1.82, 2.24) is 4.90 Å². The van der Waals surface area contributed by atoms with Crippen LogP contribution < -0.4 is 0 Å². The van der Waals surface area contributed by atoms with Crippen molar-refractivity contribution in [2.24, 2.45) is 0 Å². The van der Waals surface area contributed by atoms with Crippen LogP contribution in [0.5, 0.6) is 11.5 Å². The van der Waals surface area contributed by atoms with Crippen molar-refractivity contribution in [3.05, 3.63) is 46.6 Å². The van der Waals surface area contributed by atoms with Crippen LogP contribution in [-0.2, 0) is 0 Å². The number of nitrogens with zero attached hydrogens (tertiary/aromatic N) is 1. The number of amides is 1. The zero-order valence-electron chi connectivity index (χ0n) is 13.6. The molecule has 0 atom stereocenters. The highest BCUT2D eigenvalue weighted by Crippen LogP contribution is 2.33. The molecule has 1 aliphatic rings. The minimum atomic E-state index is -0.238. The minimum Gasteiger partial charge on any atom is -0.508 e. The number of hydrogen-bond acceptors (Lipinski definition) is 3. The average molecular weight is 336 g/mol. The van der Waals surface area contributed by atoms with Gasteiger partial charge in [-0.05, 0) is 35.6 Å². The van der Waals surface area contributed by atoms with Crippen LogP contribution in [0, 0.1) is 0 Å². The molecule has 0 bridgehead atoms. The lowest BCUT2D eigenvalue weighted by atomic mass is 9.98. The van der Waals surface area contributed by atoms with Gasteiger partial charge in [0.25, 0.3) is 5.91 Å². The molecule has 0 unspecified atom stereocenters. The Labute approximate surface area is 141 Å².